The highest BCUT2D eigenvalue weighted by Crippen LogP contribution is 2.40. The van der Waals surface area contributed by atoms with Crippen molar-refractivity contribution in [1.29, 1.82) is 0 Å². The van der Waals surface area contributed by atoms with E-state index in [9.17, 15) is 9.18 Å². The molecule has 2 aromatic carbocycles. The van der Waals surface area contributed by atoms with Crippen LogP contribution in [0.25, 0.3) is 0 Å². The number of fused-ring (bicyclic) bond motifs is 1. The van der Waals surface area contributed by atoms with Gasteiger partial charge < -0.3 is 14.5 Å². The number of methoxy groups -OCH3 is 1. The highest BCUT2D eigenvalue weighted by molar-refractivity contribution is 5.80. The van der Waals surface area contributed by atoms with E-state index in [2.05, 4.69) is 16.8 Å². The van der Waals surface area contributed by atoms with Gasteiger partial charge in [0, 0.05) is 30.1 Å². The van der Waals surface area contributed by atoms with E-state index in [1.54, 1.807) is 7.11 Å². The molecule has 4 rings (SSSR count). The summed E-state index contributed by atoms with van der Waals surface area (Å²) in [5.74, 6) is 0.874. The molecule has 4 nitrogen and oxygen atoms in total. The van der Waals surface area contributed by atoms with Crippen LogP contribution in [0, 0.1) is 5.82 Å². The molecule has 3 atom stereocenters. The molecule has 5 heteroatoms. The predicted octanol–water partition coefficient (Wildman–Crippen LogP) is 3.47. The number of benzene rings is 2. The van der Waals surface area contributed by atoms with Crippen LogP contribution in [0.4, 0.5) is 4.39 Å². The average Bonchev–Trinajstić information content (AvgIpc) is 3.10. The van der Waals surface area contributed by atoms with E-state index in [-0.39, 0.29) is 29.7 Å². The summed E-state index contributed by atoms with van der Waals surface area (Å²) in [4.78, 5) is 17.7. The minimum absolute atomic E-state index is 0.138. The van der Waals surface area contributed by atoms with Crippen molar-refractivity contribution in [3.63, 3.8) is 0 Å². The highest BCUT2D eigenvalue weighted by atomic mass is 19.1. The third kappa shape index (κ3) is 3.51. The zero-order chi connectivity index (χ0) is 19.7. The van der Waals surface area contributed by atoms with Crippen molar-refractivity contribution in [2.45, 2.75) is 37.3 Å². The van der Waals surface area contributed by atoms with Crippen molar-refractivity contribution in [2.75, 3.05) is 27.2 Å². The number of carbonyl (C=O) groups excluding carboxylic acids is 1. The van der Waals surface area contributed by atoms with E-state index in [1.165, 1.54) is 12.1 Å². The second kappa shape index (κ2) is 7.92. The van der Waals surface area contributed by atoms with Crippen molar-refractivity contribution in [1.82, 2.24) is 9.80 Å². The van der Waals surface area contributed by atoms with Gasteiger partial charge in [0.1, 0.15) is 11.6 Å². The van der Waals surface area contributed by atoms with Crippen LogP contribution >= 0.6 is 0 Å². The number of ether oxygens (including phenoxy) is 1. The number of rotatable bonds is 4. The summed E-state index contributed by atoms with van der Waals surface area (Å²) in [6, 6.07) is 15.0. The maximum Gasteiger partial charge on any atom is 0.227 e. The number of likely N-dealkylation sites (tertiary alicyclic amines) is 2. The van der Waals surface area contributed by atoms with Crippen LogP contribution < -0.4 is 4.74 Å². The lowest BCUT2D eigenvalue weighted by Gasteiger charge is -2.39. The van der Waals surface area contributed by atoms with Gasteiger partial charge in [-0.15, -0.1) is 0 Å². The molecular formula is C23H27FN2O2. The second-order valence-electron chi connectivity index (χ2n) is 7.87. The molecule has 2 aliphatic rings. The molecule has 0 N–H and O–H groups in total. The molecule has 0 aliphatic carbocycles. The first-order valence-electron chi connectivity index (χ1n) is 9.95. The van der Waals surface area contributed by atoms with E-state index in [4.69, 9.17) is 4.74 Å². The molecule has 0 radical (unpaired) electrons. The fraction of sp³-hybridized carbons (Fsp3) is 0.435. The van der Waals surface area contributed by atoms with Crippen LogP contribution in [-0.2, 0) is 11.2 Å². The van der Waals surface area contributed by atoms with E-state index < -0.39 is 0 Å². The number of amides is 1. The van der Waals surface area contributed by atoms with Crippen LogP contribution in [0.3, 0.4) is 0 Å². The van der Waals surface area contributed by atoms with Gasteiger partial charge >= 0.3 is 0 Å². The minimum Gasteiger partial charge on any atom is -0.496 e. The Morgan fingerprint density at radius 3 is 2.68 bits per heavy atom. The maximum absolute atomic E-state index is 13.4. The normalized spacial score (nSPS) is 24.8. The Balaban J connectivity index is 1.60. The molecule has 0 saturated carbocycles. The number of hydrogen-bond donors (Lipinski definition) is 0. The summed E-state index contributed by atoms with van der Waals surface area (Å²) >= 11 is 0. The van der Waals surface area contributed by atoms with Gasteiger partial charge in [-0.2, -0.15) is 0 Å². The molecule has 0 aromatic heterocycles. The summed E-state index contributed by atoms with van der Waals surface area (Å²) in [6.45, 7) is 1.71. The fourth-order valence-corrected chi connectivity index (χ4v) is 4.95. The second-order valence-corrected chi connectivity index (χ2v) is 7.87. The van der Waals surface area contributed by atoms with Crippen molar-refractivity contribution >= 4 is 5.91 Å². The largest absolute Gasteiger partial charge is 0.496 e. The van der Waals surface area contributed by atoms with Crippen LogP contribution in [0.2, 0.25) is 0 Å². The highest BCUT2D eigenvalue weighted by Gasteiger charge is 2.47. The molecule has 0 bridgehead atoms. The summed E-state index contributed by atoms with van der Waals surface area (Å²) in [5.41, 5.74) is 2.03. The van der Waals surface area contributed by atoms with Gasteiger partial charge in [-0.3, -0.25) is 4.79 Å². The predicted molar refractivity (Wildman–Crippen MR) is 107 cm³/mol. The Labute approximate surface area is 165 Å². The van der Waals surface area contributed by atoms with E-state index >= 15 is 0 Å². The Bertz CT molecular complexity index is 839. The molecule has 148 valence electrons. The van der Waals surface area contributed by atoms with E-state index in [0.29, 0.717) is 13.0 Å². The summed E-state index contributed by atoms with van der Waals surface area (Å²) in [7, 11) is 3.78. The smallest absolute Gasteiger partial charge is 0.227 e. The molecule has 2 aromatic rings. The first-order chi connectivity index (χ1) is 13.6. The lowest BCUT2D eigenvalue weighted by atomic mass is 9.86. The standard InChI is InChI=1S/C23H27FN2O2/c1-25-13-5-7-20-23(25)19(16-9-11-18(24)12-10-16)15-26(20)22(27)14-17-6-3-4-8-21(17)28-2/h3-4,6,8-12,19-20,23H,5,7,13-15H2,1-2H3/t19-,20-,23-/m1/s1. The fourth-order valence-electron chi connectivity index (χ4n) is 4.95. The molecule has 1 amide bonds. The Hall–Kier alpha value is -2.40. The number of carbonyl (C=O) groups is 1. The van der Waals surface area contributed by atoms with Gasteiger partial charge in [0.05, 0.1) is 13.5 Å². The molecule has 2 heterocycles. The quantitative estimate of drug-likeness (QED) is 0.812. The number of para-hydroxylation sites is 1. The summed E-state index contributed by atoms with van der Waals surface area (Å²) in [5, 5.41) is 0. The summed E-state index contributed by atoms with van der Waals surface area (Å²) < 4.78 is 18.8. The van der Waals surface area contributed by atoms with E-state index in [1.807, 2.05) is 36.4 Å². The molecule has 0 spiro atoms. The first-order valence-corrected chi connectivity index (χ1v) is 9.95. The van der Waals surface area contributed by atoms with Gasteiger partial charge in [-0.25, -0.2) is 4.39 Å². The van der Waals surface area contributed by atoms with Crippen LogP contribution in [0.1, 0.15) is 29.9 Å². The number of halogens is 1. The van der Waals surface area contributed by atoms with E-state index in [0.717, 1.165) is 36.3 Å². The SMILES string of the molecule is COc1ccccc1CC(=O)N1C[C@H](c2ccc(F)cc2)[C@@H]2[C@H]1CCCN2C. The molecule has 2 saturated heterocycles. The average molecular weight is 382 g/mol. The van der Waals surface area contributed by atoms with Gasteiger partial charge in [-0.05, 0) is 50.2 Å². The van der Waals surface area contributed by atoms with Crippen LogP contribution in [-0.4, -0.2) is 55.0 Å². The maximum atomic E-state index is 13.4. The molecule has 2 aliphatic heterocycles. The zero-order valence-corrected chi connectivity index (χ0v) is 16.5. The number of nitrogens with zero attached hydrogens (tertiary/aromatic N) is 2. The topological polar surface area (TPSA) is 32.8 Å². The third-order valence-corrected chi connectivity index (χ3v) is 6.27. The Kier molecular flexibility index (Phi) is 5.36. The molecule has 0 unspecified atom stereocenters. The van der Waals surface area contributed by atoms with Crippen molar-refractivity contribution in [3.05, 3.63) is 65.5 Å². The Morgan fingerprint density at radius 2 is 1.93 bits per heavy atom. The number of likely N-dealkylation sites (N-methyl/N-ethyl adjacent to an activating group) is 1. The van der Waals surface area contributed by atoms with Crippen LogP contribution in [0.5, 0.6) is 5.75 Å². The lowest BCUT2D eigenvalue weighted by Crippen LogP contribution is -2.50. The van der Waals surface area contributed by atoms with Gasteiger partial charge in [-0.1, -0.05) is 30.3 Å². The first kappa shape index (κ1) is 18.9. The minimum atomic E-state index is -0.223. The molecule has 2 fully saturated rings. The molecule has 28 heavy (non-hydrogen) atoms. The third-order valence-electron chi connectivity index (χ3n) is 6.27. The Morgan fingerprint density at radius 1 is 1.18 bits per heavy atom. The number of hydrogen-bond acceptors (Lipinski definition) is 3. The van der Waals surface area contributed by atoms with Gasteiger partial charge in [0.25, 0.3) is 0 Å². The zero-order valence-electron chi connectivity index (χ0n) is 16.5. The van der Waals surface area contributed by atoms with Crippen molar-refractivity contribution in [3.8, 4) is 5.75 Å². The van der Waals surface area contributed by atoms with Gasteiger partial charge in [0.2, 0.25) is 5.91 Å². The monoisotopic (exact) mass is 382 g/mol. The lowest BCUT2D eigenvalue weighted by molar-refractivity contribution is -0.132. The van der Waals surface area contributed by atoms with Gasteiger partial charge in [0.15, 0.2) is 0 Å². The van der Waals surface area contributed by atoms with Crippen LogP contribution in [0.15, 0.2) is 48.5 Å². The van der Waals surface area contributed by atoms with Crippen molar-refractivity contribution < 1.29 is 13.9 Å². The van der Waals surface area contributed by atoms with Crippen molar-refractivity contribution in [2.24, 2.45) is 0 Å². The molecular weight excluding hydrogens is 355 g/mol. The summed E-state index contributed by atoms with van der Waals surface area (Å²) in [6.07, 6.45) is 2.45. The number of piperidine rings is 1.